The van der Waals surface area contributed by atoms with Gasteiger partial charge in [0.15, 0.2) is 0 Å². The van der Waals surface area contributed by atoms with E-state index in [9.17, 15) is 4.39 Å². The minimum Gasteiger partial charge on any atom is -0.274 e. The molecule has 2 N–H and O–H groups in total. The maximum absolute atomic E-state index is 13.2. The Morgan fingerprint density at radius 2 is 2.25 bits per heavy atom. The molecular formula is C9H14FNS. The second-order valence-electron chi connectivity index (χ2n) is 3.22. The zero-order valence-electron chi connectivity index (χ0n) is 7.43. The van der Waals surface area contributed by atoms with Gasteiger partial charge in [-0.25, -0.2) is 4.39 Å². The Labute approximate surface area is 77.0 Å². The monoisotopic (exact) mass is 187 g/mol. The van der Waals surface area contributed by atoms with Crippen molar-refractivity contribution >= 4 is 11.9 Å². The third kappa shape index (κ3) is 1.90. The summed E-state index contributed by atoms with van der Waals surface area (Å²) in [5.41, 5.74) is 1.16. The molecule has 1 aliphatic carbocycles. The molecule has 0 unspecified atom stereocenters. The molecule has 0 aromatic carbocycles. The van der Waals surface area contributed by atoms with Gasteiger partial charge in [0.1, 0.15) is 5.83 Å². The highest BCUT2D eigenvalue weighted by Gasteiger charge is 2.17. The van der Waals surface area contributed by atoms with Gasteiger partial charge in [0.2, 0.25) is 0 Å². The molecule has 0 fully saturated rings. The van der Waals surface area contributed by atoms with Gasteiger partial charge in [-0.15, -0.1) is 0 Å². The predicted octanol–water partition coefficient (Wildman–Crippen LogP) is 3.15. The molecule has 1 aliphatic rings. The molecule has 1 rings (SSSR count). The highest BCUT2D eigenvalue weighted by molar-refractivity contribution is 8.01. The van der Waals surface area contributed by atoms with Crippen LogP contribution < -0.4 is 5.14 Å². The Balaban J connectivity index is 2.96. The lowest BCUT2D eigenvalue weighted by molar-refractivity contribution is 0.618. The van der Waals surface area contributed by atoms with Crippen molar-refractivity contribution in [2.45, 2.75) is 26.7 Å². The molecule has 0 amide bonds. The highest BCUT2D eigenvalue weighted by Crippen LogP contribution is 2.35. The van der Waals surface area contributed by atoms with Crippen LogP contribution in [0.25, 0.3) is 0 Å². The molecule has 0 saturated carbocycles. The lowest BCUT2D eigenvalue weighted by atomic mass is 9.94. The van der Waals surface area contributed by atoms with E-state index < -0.39 is 0 Å². The summed E-state index contributed by atoms with van der Waals surface area (Å²) >= 11 is 1.03. The van der Waals surface area contributed by atoms with E-state index in [0.717, 1.165) is 30.4 Å². The molecule has 1 nitrogen and oxygen atoms in total. The maximum Gasteiger partial charge on any atom is 0.134 e. The van der Waals surface area contributed by atoms with Crippen molar-refractivity contribution in [2.75, 3.05) is 0 Å². The molecule has 0 saturated heterocycles. The fraction of sp³-hybridized carbons (Fsp3) is 0.556. The first-order valence-electron chi connectivity index (χ1n) is 4.12. The van der Waals surface area contributed by atoms with Gasteiger partial charge in [0.05, 0.1) is 4.91 Å². The minimum atomic E-state index is -0.141. The Bertz CT molecular complexity index is 231. The van der Waals surface area contributed by atoms with Crippen molar-refractivity contribution in [2.24, 2.45) is 11.1 Å². The van der Waals surface area contributed by atoms with Crippen LogP contribution in [-0.4, -0.2) is 0 Å². The molecule has 0 heterocycles. The third-order valence-electron chi connectivity index (χ3n) is 2.06. The van der Waals surface area contributed by atoms with Crippen LogP contribution in [0.5, 0.6) is 0 Å². The average Bonchev–Trinajstić information content (AvgIpc) is 2.03. The molecule has 0 aliphatic heterocycles. The maximum atomic E-state index is 13.2. The first-order valence-corrected chi connectivity index (χ1v) is 5.00. The van der Waals surface area contributed by atoms with E-state index in [-0.39, 0.29) is 5.83 Å². The van der Waals surface area contributed by atoms with Crippen molar-refractivity contribution in [1.29, 1.82) is 0 Å². The van der Waals surface area contributed by atoms with Gasteiger partial charge in [-0.3, -0.25) is 5.14 Å². The number of halogens is 1. The number of hydrogen-bond acceptors (Lipinski definition) is 2. The molecule has 0 atom stereocenters. The second kappa shape index (κ2) is 4.10. The minimum absolute atomic E-state index is 0.141. The van der Waals surface area contributed by atoms with Crippen LogP contribution >= 0.6 is 11.9 Å². The van der Waals surface area contributed by atoms with Crippen molar-refractivity contribution in [3.05, 3.63) is 22.4 Å². The summed E-state index contributed by atoms with van der Waals surface area (Å²) < 4.78 is 13.2. The van der Waals surface area contributed by atoms with Gasteiger partial charge in [0, 0.05) is 0 Å². The normalized spacial score (nSPS) is 18.6. The van der Waals surface area contributed by atoms with Crippen LogP contribution in [0.2, 0.25) is 0 Å². The summed E-state index contributed by atoms with van der Waals surface area (Å²) in [4.78, 5) is 0.649. The van der Waals surface area contributed by atoms with Crippen LogP contribution in [0.15, 0.2) is 22.4 Å². The quantitative estimate of drug-likeness (QED) is 0.672. The molecular weight excluding hydrogens is 173 g/mol. The first-order chi connectivity index (χ1) is 5.66. The van der Waals surface area contributed by atoms with Gasteiger partial charge in [0.25, 0.3) is 0 Å². The number of rotatable bonds is 2. The van der Waals surface area contributed by atoms with Gasteiger partial charge in [-0.1, -0.05) is 13.8 Å². The lowest BCUT2D eigenvalue weighted by Crippen LogP contribution is -2.04. The zero-order chi connectivity index (χ0) is 9.14. The van der Waals surface area contributed by atoms with E-state index >= 15 is 0 Å². The van der Waals surface area contributed by atoms with Crippen molar-refractivity contribution in [3.63, 3.8) is 0 Å². The molecule has 0 aromatic rings. The Morgan fingerprint density at radius 3 is 2.67 bits per heavy atom. The molecule has 0 bridgehead atoms. The van der Waals surface area contributed by atoms with E-state index in [2.05, 4.69) is 13.8 Å². The van der Waals surface area contributed by atoms with Crippen molar-refractivity contribution < 1.29 is 4.39 Å². The Morgan fingerprint density at radius 1 is 1.58 bits per heavy atom. The molecule has 0 spiro atoms. The van der Waals surface area contributed by atoms with Crippen molar-refractivity contribution in [3.8, 4) is 0 Å². The van der Waals surface area contributed by atoms with Crippen LogP contribution in [-0.2, 0) is 0 Å². The summed E-state index contributed by atoms with van der Waals surface area (Å²) in [6, 6.07) is 0. The SMILES string of the molecule is CC(C)C1=C(SN)C(F)=CCC1. The molecule has 3 heteroatoms. The summed E-state index contributed by atoms with van der Waals surface area (Å²) in [5.74, 6) is 0.257. The molecule has 68 valence electrons. The molecule has 0 radical (unpaired) electrons. The van der Waals surface area contributed by atoms with E-state index in [1.54, 1.807) is 6.08 Å². The highest BCUT2D eigenvalue weighted by atomic mass is 32.2. The van der Waals surface area contributed by atoms with Crippen LogP contribution in [0.1, 0.15) is 26.7 Å². The topological polar surface area (TPSA) is 26.0 Å². The van der Waals surface area contributed by atoms with E-state index in [1.165, 1.54) is 0 Å². The average molecular weight is 187 g/mol. The fourth-order valence-electron chi connectivity index (χ4n) is 1.40. The third-order valence-corrected chi connectivity index (χ3v) is 2.75. The largest absolute Gasteiger partial charge is 0.274 e. The summed E-state index contributed by atoms with van der Waals surface area (Å²) in [5, 5.41) is 5.40. The van der Waals surface area contributed by atoms with E-state index in [1.807, 2.05) is 0 Å². The smallest absolute Gasteiger partial charge is 0.134 e. The summed E-state index contributed by atoms with van der Waals surface area (Å²) in [7, 11) is 0. The standard InChI is InChI=1S/C9H14FNS/c1-6(2)7-4-3-5-8(10)9(7)12-11/h5-6H,3-4,11H2,1-2H3. The summed E-state index contributed by atoms with van der Waals surface area (Å²) in [6.07, 6.45) is 3.37. The Hall–Kier alpha value is -0.280. The van der Waals surface area contributed by atoms with Crippen LogP contribution in [0.3, 0.4) is 0 Å². The van der Waals surface area contributed by atoms with Crippen molar-refractivity contribution in [1.82, 2.24) is 0 Å². The summed E-state index contributed by atoms with van der Waals surface area (Å²) in [6.45, 7) is 4.15. The predicted molar refractivity (Wildman–Crippen MR) is 52.1 cm³/mol. The second-order valence-corrected chi connectivity index (χ2v) is 3.86. The van der Waals surface area contributed by atoms with Crippen LogP contribution in [0.4, 0.5) is 4.39 Å². The van der Waals surface area contributed by atoms with Gasteiger partial charge >= 0.3 is 0 Å². The lowest BCUT2D eigenvalue weighted by Gasteiger charge is -2.18. The molecule has 0 aromatic heterocycles. The molecule has 12 heavy (non-hydrogen) atoms. The van der Waals surface area contributed by atoms with E-state index in [0.29, 0.717) is 10.8 Å². The van der Waals surface area contributed by atoms with Crippen LogP contribution in [0, 0.1) is 5.92 Å². The number of hydrogen-bond donors (Lipinski definition) is 1. The first kappa shape index (κ1) is 9.81. The number of nitrogens with two attached hydrogens (primary N) is 1. The number of allylic oxidation sites excluding steroid dienone is 3. The van der Waals surface area contributed by atoms with Gasteiger partial charge in [-0.2, -0.15) is 0 Å². The Kier molecular flexibility index (Phi) is 3.35. The van der Waals surface area contributed by atoms with Gasteiger partial charge in [-0.05, 0) is 42.4 Å². The van der Waals surface area contributed by atoms with Gasteiger partial charge < -0.3 is 0 Å². The zero-order valence-corrected chi connectivity index (χ0v) is 8.25. The van der Waals surface area contributed by atoms with E-state index in [4.69, 9.17) is 5.14 Å². The fourth-order valence-corrected chi connectivity index (χ4v) is 2.08.